The van der Waals surface area contributed by atoms with Gasteiger partial charge in [0, 0.05) is 19.1 Å². The Labute approximate surface area is 84.9 Å². The quantitative estimate of drug-likeness (QED) is 0.736. The molecule has 0 spiro atoms. The van der Waals surface area contributed by atoms with E-state index in [0.717, 1.165) is 12.8 Å². The average Bonchev–Trinajstić information content (AvgIpc) is 2.97. The zero-order valence-electron chi connectivity index (χ0n) is 8.79. The fraction of sp³-hybridized carbons (Fsp3) is 0.800. The summed E-state index contributed by atoms with van der Waals surface area (Å²) in [6.07, 6.45) is 2.19. The largest absolute Gasteiger partial charge is 0.335 e. The Hall–Kier alpha value is -1.24. The summed E-state index contributed by atoms with van der Waals surface area (Å²) in [6, 6.07) is 2.48. The number of nitrogens with one attached hydrogen (secondary N) is 1. The first kappa shape index (κ1) is 10.8. The number of hydrogen-bond acceptors (Lipinski definition) is 2. The van der Waals surface area contributed by atoms with Crippen LogP contribution in [0.3, 0.4) is 0 Å². The van der Waals surface area contributed by atoms with Crippen LogP contribution in [0.2, 0.25) is 0 Å². The average molecular weight is 195 g/mol. The lowest BCUT2D eigenvalue weighted by molar-refractivity contribution is 0.196. The van der Waals surface area contributed by atoms with Crippen molar-refractivity contribution in [3.63, 3.8) is 0 Å². The van der Waals surface area contributed by atoms with Crippen LogP contribution in [0.4, 0.5) is 4.79 Å². The molecular weight excluding hydrogens is 178 g/mol. The standard InChI is InChI=1S/C10H17N3O/c1-3-13(7-8(2)6-11)10(14)12-9-4-5-9/h8-9H,3-5,7H2,1-2H3,(H,12,14)/t8-/m0/s1. The highest BCUT2D eigenvalue weighted by atomic mass is 16.2. The van der Waals surface area contributed by atoms with E-state index >= 15 is 0 Å². The molecule has 0 heterocycles. The minimum Gasteiger partial charge on any atom is -0.335 e. The molecular formula is C10H17N3O. The van der Waals surface area contributed by atoms with Crippen molar-refractivity contribution in [1.29, 1.82) is 5.26 Å². The third kappa shape index (κ3) is 3.25. The fourth-order valence-electron chi connectivity index (χ4n) is 1.22. The van der Waals surface area contributed by atoms with Gasteiger partial charge in [-0.25, -0.2) is 4.79 Å². The Kier molecular flexibility index (Phi) is 3.75. The van der Waals surface area contributed by atoms with Gasteiger partial charge in [0.1, 0.15) is 0 Å². The Morgan fingerprint density at radius 3 is 2.79 bits per heavy atom. The van der Waals surface area contributed by atoms with Crippen LogP contribution < -0.4 is 5.32 Å². The SMILES string of the molecule is CCN(C[C@@H](C)C#N)C(=O)NC1CC1. The molecule has 0 saturated heterocycles. The first-order chi connectivity index (χ1) is 6.67. The maximum atomic E-state index is 11.6. The van der Waals surface area contributed by atoms with E-state index in [4.69, 9.17) is 5.26 Å². The fourth-order valence-corrected chi connectivity index (χ4v) is 1.22. The van der Waals surface area contributed by atoms with Crippen molar-refractivity contribution in [2.45, 2.75) is 32.7 Å². The van der Waals surface area contributed by atoms with Crippen molar-refractivity contribution in [3.8, 4) is 6.07 Å². The van der Waals surface area contributed by atoms with Crippen molar-refractivity contribution in [3.05, 3.63) is 0 Å². The molecule has 0 aromatic rings. The molecule has 1 rings (SSSR count). The first-order valence-electron chi connectivity index (χ1n) is 5.12. The molecule has 1 atom stereocenters. The summed E-state index contributed by atoms with van der Waals surface area (Å²) < 4.78 is 0. The zero-order chi connectivity index (χ0) is 10.6. The molecule has 0 bridgehead atoms. The van der Waals surface area contributed by atoms with E-state index in [9.17, 15) is 4.79 Å². The summed E-state index contributed by atoms with van der Waals surface area (Å²) in [5, 5.41) is 11.6. The van der Waals surface area contributed by atoms with Crippen molar-refractivity contribution < 1.29 is 4.79 Å². The second kappa shape index (κ2) is 4.85. The smallest absolute Gasteiger partial charge is 0.317 e. The van der Waals surface area contributed by atoms with Crippen LogP contribution in [-0.2, 0) is 0 Å². The second-order valence-corrected chi connectivity index (χ2v) is 3.79. The number of nitrogens with zero attached hydrogens (tertiary/aromatic N) is 2. The molecule has 1 saturated carbocycles. The minimum atomic E-state index is -0.0973. The highest BCUT2D eigenvalue weighted by molar-refractivity contribution is 5.74. The minimum absolute atomic E-state index is 0.0305. The van der Waals surface area contributed by atoms with E-state index in [2.05, 4.69) is 11.4 Å². The van der Waals surface area contributed by atoms with Crippen LogP contribution in [0.15, 0.2) is 0 Å². The molecule has 0 aliphatic heterocycles. The van der Waals surface area contributed by atoms with Crippen molar-refractivity contribution >= 4 is 6.03 Å². The topological polar surface area (TPSA) is 56.1 Å². The van der Waals surface area contributed by atoms with Gasteiger partial charge in [-0.2, -0.15) is 5.26 Å². The van der Waals surface area contributed by atoms with Crippen LogP contribution in [0.1, 0.15) is 26.7 Å². The summed E-state index contributed by atoms with van der Waals surface area (Å²) in [7, 11) is 0. The molecule has 4 nitrogen and oxygen atoms in total. The van der Waals surface area contributed by atoms with Gasteiger partial charge in [0.15, 0.2) is 0 Å². The Morgan fingerprint density at radius 2 is 2.36 bits per heavy atom. The van der Waals surface area contributed by atoms with E-state index in [1.165, 1.54) is 0 Å². The first-order valence-corrected chi connectivity index (χ1v) is 5.12. The van der Waals surface area contributed by atoms with Crippen molar-refractivity contribution in [2.75, 3.05) is 13.1 Å². The van der Waals surface area contributed by atoms with Gasteiger partial charge in [-0.3, -0.25) is 0 Å². The number of carbonyl (C=O) groups excluding carboxylic acids is 1. The number of urea groups is 1. The molecule has 14 heavy (non-hydrogen) atoms. The van der Waals surface area contributed by atoms with Crippen LogP contribution >= 0.6 is 0 Å². The number of hydrogen-bond donors (Lipinski definition) is 1. The van der Waals surface area contributed by atoms with Gasteiger partial charge in [-0.1, -0.05) is 0 Å². The normalized spacial score (nSPS) is 16.9. The lowest BCUT2D eigenvalue weighted by Crippen LogP contribution is -2.42. The number of amides is 2. The zero-order valence-corrected chi connectivity index (χ0v) is 8.79. The van der Waals surface area contributed by atoms with Gasteiger partial charge >= 0.3 is 6.03 Å². The van der Waals surface area contributed by atoms with Crippen molar-refractivity contribution in [2.24, 2.45) is 5.92 Å². The van der Waals surface area contributed by atoms with Gasteiger partial charge in [-0.15, -0.1) is 0 Å². The Morgan fingerprint density at radius 1 is 1.71 bits per heavy atom. The number of carbonyl (C=O) groups is 1. The van der Waals surface area contributed by atoms with E-state index in [0.29, 0.717) is 19.1 Å². The molecule has 1 aliphatic rings. The van der Waals surface area contributed by atoms with E-state index in [1.807, 2.05) is 13.8 Å². The van der Waals surface area contributed by atoms with Gasteiger partial charge < -0.3 is 10.2 Å². The van der Waals surface area contributed by atoms with Crippen LogP contribution in [0, 0.1) is 17.2 Å². The highest BCUT2D eigenvalue weighted by Crippen LogP contribution is 2.18. The molecule has 0 unspecified atom stereocenters. The number of rotatable bonds is 4. The predicted octanol–water partition coefficient (Wildman–Crippen LogP) is 1.34. The molecule has 2 amide bonds. The van der Waals surface area contributed by atoms with E-state index in [1.54, 1.807) is 4.90 Å². The van der Waals surface area contributed by atoms with Gasteiger partial charge in [0.2, 0.25) is 0 Å². The Balaban J connectivity index is 2.35. The van der Waals surface area contributed by atoms with Crippen molar-refractivity contribution in [1.82, 2.24) is 10.2 Å². The predicted molar refractivity (Wildman–Crippen MR) is 53.6 cm³/mol. The molecule has 1 fully saturated rings. The molecule has 0 aromatic heterocycles. The maximum Gasteiger partial charge on any atom is 0.317 e. The summed E-state index contributed by atoms with van der Waals surface area (Å²) in [5.41, 5.74) is 0. The van der Waals surface area contributed by atoms with Crippen LogP contribution in [0.25, 0.3) is 0 Å². The molecule has 1 N–H and O–H groups in total. The summed E-state index contributed by atoms with van der Waals surface area (Å²) in [6.45, 7) is 4.93. The van der Waals surface area contributed by atoms with Crippen LogP contribution in [-0.4, -0.2) is 30.1 Å². The molecule has 0 radical (unpaired) electrons. The molecule has 1 aliphatic carbocycles. The molecule has 4 heteroatoms. The summed E-state index contributed by atoms with van der Waals surface area (Å²) in [4.78, 5) is 13.3. The third-order valence-corrected chi connectivity index (χ3v) is 2.29. The third-order valence-electron chi connectivity index (χ3n) is 2.29. The number of nitriles is 1. The molecule has 78 valence electrons. The van der Waals surface area contributed by atoms with Gasteiger partial charge in [0.25, 0.3) is 0 Å². The summed E-state index contributed by atoms with van der Waals surface area (Å²) >= 11 is 0. The van der Waals surface area contributed by atoms with E-state index < -0.39 is 0 Å². The highest BCUT2D eigenvalue weighted by Gasteiger charge is 2.25. The maximum absolute atomic E-state index is 11.6. The van der Waals surface area contributed by atoms with Crippen LogP contribution in [0.5, 0.6) is 0 Å². The summed E-state index contributed by atoms with van der Waals surface area (Å²) in [5.74, 6) is -0.0973. The van der Waals surface area contributed by atoms with E-state index in [-0.39, 0.29) is 11.9 Å². The second-order valence-electron chi connectivity index (χ2n) is 3.79. The lowest BCUT2D eigenvalue weighted by Gasteiger charge is -2.22. The molecule has 0 aromatic carbocycles. The monoisotopic (exact) mass is 195 g/mol. The Bertz CT molecular complexity index is 242. The van der Waals surface area contributed by atoms with Gasteiger partial charge in [-0.05, 0) is 26.7 Å². The van der Waals surface area contributed by atoms with Gasteiger partial charge in [0.05, 0.1) is 12.0 Å². The lowest BCUT2D eigenvalue weighted by atomic mass is 10.2.